The van der Waals surface area contributed by atoms with Gasteiger partial charge in [0.15, 0.2) is 5.65 Å². The van der Waals surface area contributed by atoms with Gasteiger partial charge in [-0.2, -0.15) is 0 Å². The lowest BCUT2D eigenvalue weighted by atomic mass is 9.89. The average Bonchev–Trinajstić information content (AvgIpc) is 3.03. The summed E-state index contributed by atoms with van der Waals surface area (Å²) in [5.74, 6) is 2.46. The molecule has 5 rings (SSSR count). The molecule has 0 bridgehead atoms. The van der Waals surface area contributed by atoms with Gasteiger partial charge in [0, 0.05) is 37.3 Å². The van der Waals surface area contributed by atoms with Crippen molar-refractivity contribution in [3.8, 4) is 17.1 Å². The molecule has 2 aliphatic rings. The minimum absolute atomic E-state index is 0.178. The summed E-state index contributed by atoms with van der Waals surface area (Å²) in [5.41, 5.74) is 3.21. The van der Waals surface area contributed by atoms with Crippen LogP contribution in [0.2, 0.25) is 0 Å². The van der Waals surface area contributed by atoms with Crippen LogP contribution in [0.5, 0.6) is 5.75 Å². The molecule has 182 valence electrons. The van der Waals surface area contributed by atoms with Gasteiger partial charge in [-0.25, -0.2) is 19.2 Å². The van der Waals surface area contributed by atoms with E-state index in [2.05, 4.69) is 34.0 Å². The third-order valence-electron chi connectivity index (χ3n) is 7.27. The molecule has 1 aliphatic heterocycles. The number of nitrogens with zero attached hydrogens (tertiary/aromatic N) is 5. The zero-order valence-electron chi connectivity index (χ0n) is 20.6. The summed E-state index contributed by atoms with van der Waals surface area (Å²) in [4.78, 5) is 30.8. The highest BCUT2D eigenvalue weighted by molar-refractivity contribution is 5.70. The lowest BCUT2D eigenvalue weighted by molar-refractivity contribution is 0.341. The van der Waals surface area contributed by atoms with Crippen molar-refractivity contribution in [2.75, 3.05) is 44.7 Å². The van der Waals surface area contributed by atoms with Crippen molar-refractivity contribution in [1.29, 1.82) is 0 Å². The maximum atomic E-state index is 13.3. The molecule has 1 N–H and O–H groups in total. The number of aromatic nitrogens is 4. The number of H-pyrrole nitrogens is 1. The lowest BCUT2D eigenvalue weighted by Gasteiger charge is -2.24. The van der Waals surface area contributed by atoms with Gasteiger partial charge in [-0.05, 0) is 58.8 Å². The number of anilines is 1. The van der Waals surface area contributed by atoms with Crippen LogP contribution in [0.4, 0.5) is 5.69 Å². The van der Waals surface area contributed by atoms with E-state index in [4.69, 9.17) is 14.7 Å². The van der Waals surface area contributed by atoms with E-state index < -0.39 is 0 Å². The molecular formula is C26H36N6O2. The predicted octanol–water partition coefficient (Wildman–Crippen LogP) is 3.98. The first kappa shape index (κ1) is 22.9. The Bertz CT molecular complexity index is 1210. The van der Waals surface area contributed by atoms with Gasteiger partial charge in [-0.3, -0.25) is 4.98 Å². The number of aromatic amines is 1. The van der Waals surface area contributed by atoms with Crippen LogP contribution in [-0.4, -0.2) is 64.1 Å². The molecule has 2 aromatic heterocycles. The van der Waals surface area contributed by atoms with Gasteiger partial charge in [0.05, 0.1) is 17.9 Å². The molecule has 1 saturated heterocycles. The Hall–Kier alpha value is -2.87. The standard InChI is InChI=1S/C26H36N6O2/c1-4-34-22-17-20(31-14-8-13-30(3)15-16-31)11-12-21(22)23-28-24-18(2)27-25(32(24)26(33)29-23)19-9-6-5-7-10-19/h11-12,17,19H,4-10,13-16H2,1-3H3,(H,28,29,33). The van der Waals surface area contributed by atoms with Gasteiger partial charge in [-0.15, -0.1) is 0 Å². The van der Waals surface area contributed by atoms with Crippen molar-refractivity contribution in [2.45, 2.75) is 58.3 Å². The quantitative estimate of drug-likeness (QED) is 0.615. The lowest BCUT2D eigenvalue weighted by Crippen LogP contribution is -2.28. The van der Waals surface area contributed by atoms with Crippen molar-refractivity contribution in [3.05, 3.63) is 40.2 Å². The summed E-state index contributed by atoms with van der Waals surface area (Å²) < 4.78 is 7.73. The molecule has 8 nitrogen and oxygen atoms in total. The highest BCUT2D eigenvalue weighted by atomic mass is 16.5. The zero-order valence-corrected chi connectivity index (χ0v) is 20.6. The summed E-state index contributed by atoms with van der Waals surface area (Å²) >= 11 is 0. The maximum Gasteiger partial charge on any atom is 0.334 e. The molecule has 0 unspecified atom stereocenters. The van der Waals surface area contributed by atoms with E-state index in [1.54, 1.807) is 4.40 Å². The normalized spacial score (nSPS) is 18.4. The van der Waals surface area contributed by atoms with Crippen molar-refractivity contribution in [1.82, 2.24) is 24.3 Å². The first-order valence-corrected chi connectivity index (χ1v) is 12.7. The highest BCUT2D eigenvalue weighted by Crippen LogP contribution is 2.34. The number of fused-ring (bicyclic) bond motifs is 1. The highest BCUT2D eigenvalue weighted by Gasteiger charge is 2.24. The van der Waals surface area contributed by atoms with E-state index in [-0.39, 0.29) is 5.69 Å². The second kappa shape index (κ2) is 9.78. The Morgan fingerprint density at radius 3 is 2.68 bits per heavy atom. The smallest absolute Gasteiger partial charge is 0.334 e. The average molecular weight is 465 g/mol. The summed E-state index contributed by atoms with van der Waals surface area (Å²) in [6.07, 6.45) is 6.96. The third kappa shape index (κ3) is 4.43. The van der Waals surface area contributed by atoms with Crippen molar-refractivity contribution in [2.24, 2.45) is 0 Å². The third-order valence-corrected chi connectivity index (χ3v) is 7.27. The van der Waals surface area contributed by atoms with Gasteiger partial charge < -0.3 is 14.5 Å². The second-order valence-electron chi connectivity index (χ2n) is 9.70. The zero-order chi connectivity index (χ0) is 23.7. The van der Waals surface area contributed by atoms with Crippen molar-refractivity contribution < 1.29 is 4.74 Å². The van der Waals surface area contributed by atoms with Gasteiger partial charge in [0.2, 0.25) is 0 Å². The van der Waals surface area contributed by atoms with Crippen LogP contribution in [0.3, 0.4) is 0 Å². The maximum absolute atomic E-state index is 13.3. The first-order valence-electron chi connectivity index (χ1n) is 12.7. The van der Waals surface area contributed by atoms with E-state index in [1.807, 2.05) is 19.9 Å². The van der Waals surface area contributed by atoms with E-state index in [1.165, 1.54) is 19.3 Å². The summed E-state index contributed by atoms with van der Waals surface area (Å²) in [5, 5.41) is 0. The number of benzene rings is 1. The Morgan fingerprint density at radius 1 is 1.06 bits per heavy atom. The molecule has 8 heteroatoms. The number of likely N-dealkylation sites (N-methyl/N-ethyl adjacent to an activating group) is 1. The van der Waals surface area contributed by atoms with E-state index in [9.17, 15) is 4.79 Å². The molecule has 1 aliphatic carbocycles. The fraction of sp³-hybridized carbons (Fsp3) is 0.577. The fourth-order valence-electron chi connectivity index (χ4n) is 5.41. The molecule has 34 heavy (non-hydrogen) atoms. The number of hydrogen-bond donors (Lipinski definition) is 1. The number of nitrogens with one attached hydrogen (secondary N) is 1. The largest absolute Gasteiger partial charge is 0.493 e. The minimum atomic E-state index is -0.178. The van der Waals surface area contributed by atoms with Crippen molar-refractivity contribution >= 4 is 11.3 Å². The Kier molecular flexibility index (Phi) is 6.59. The van der Waals surface area contributed by atoms with Crippen LogP contribution in [0.25, 0.3) is 17.0 Å². The SMILES string of the molecule is CCOc1cc(N2CCCN(C)CC2)ccc1-c1nc2c(C)nc(C3CCCCC3)n2c(=O)[nH]1. The molecule has 2 fully saturated rings. The molecule has 0 atom stereocenters. The van der Waals surface area contributed by atoms with Crippen LogP contribution in [0.15, 0.2) is 23.0 Å². The van der Waals surface area contributed by atoms with Crippen LogP contribution < -0.4 is 15.3 Å². The Labute approximate surface area is 201 Å². The van der Waals surface area contributed by atoms with Gasteiger partial charge >= 0.3 is 5.69 Å². The van der Waals surface area contributed by atoms with Crippen LogP contribution in [-0.2, 0) is 0 Å². The van der Waals surface area contributed by atoms with E-state index in [0.29, 0.717) is 24.0 Å². The molecule has 3 aromatic rings. The van der Waals surface area contributed by atoms with Crippen molar-refractivity contribution in [3.63, 3.8) is 0 Å². The molecule has 0 radical (unpaired) electrons. The predicted molar refractivity (Wildman–Crippen MR) is 135 cm³/mol. The molecule has 0 spiro atoms. The number of rotatable bonds is 5. The number of aryl methyl sites for hydroxylation is 1. The number of hydrogen-bond acceptors (Lipinski definition) is 6. The first-order chi connectivity index (χ1) is 16.5. The second-order valence-corrected chi connectivity index (χ2v) is 9.70. The topological polar surface area (TPSA) is 78.8 Å². The molecule has 0 amide bonds. The fourth-order valence-corrected chi connectivity index (χ4v) is 5.41. The summed E-state index contributed by atoms with van der Waals surface area (Å²) in [6.45, 7) is 8.64. The summed E-state index contributed by atoms with van der Waals surface area (Å²) in [7, 11) is 2.18. The monoisotopic (exact) mass is 464 g/mol. The minimum Gasteiger partial charge on any atom is -0.493 e. The van der Waals surface area contributed by atoms with E-state index in [0.717, 1.165) is 74.0 Å². The van der Waals surface area contributed by atoms with Gasteiger partial charge in [0.25, 0.3) is 0 Å². The van der Waals surface area contributed by atoms with Crippen LogP contribution in [0.1, 0.15) is 62.9 Å². The molecule has 1 aromatic carbocycles. The van der Waals surface area contributed by atoms with E-state index >= 15 is 0 Å². The van der Waals surface area contributed by atoms with Gasteiger partial charge in [-0.1, -0.05) is 19.3 Å². The summed E-state index contributed by atoms with van der Waals surface area (Å²) in [6, 6.07) is 6.23. The Balaban J connectivity index is 1.53. The molecule has 3 heterocycles. The molecular weight excluding hydrogens is 428 g/mol. The number of imidazole rings is 1. The van der Waals surface area contributed by atoms with Crippen LogP contribution in [0, 0.1) is 6.92 Å². The van der Waals surface area contributed by atoms with Crippen LogP contribution >= 0.6 is 0 Å². The molecule has 1 saturated carbocycles. The Morgan fingerprint density at radius 2 is 1.88 bits per heavy atom. The van der Waals surface area contributed by atoms with Gasteiger partial charge in [0.1, 0.15) is 17.4 Å². The number of ether oxygens (including phenoxy) is 1.